The maximum atomic E-state index is 13.0. The van der Waals surface area contributed by atoms with E-state index in [1.165, 1.54) is 24.3 Å². The van der Waals surface area contributed by atoms with Crippen molar-refractivity contribution in [3.05, 3.63) is 130 Å². The van der Waals surface area contributed by atoms with Gasteiger partial charge < -0.3 is 0 Å². The van der Waals surface area contributed by atoms with Gasteiger partial charge in [-0.2, -0.15) is 47.4 Å². The molecule has 0 bridgehead atoms. The van der Waals surface area contributed by atoms with Gasteiger partial charge in [0.2, 0.25) is 0 Å². The number of nitriles is 4. The van der Waals surface area contributed by atoms with Gasteiger partial charge in [-0.3, -0.25) is 9.59 Å². The van der Waals surface area contributed by atoms with Crippen LogP contribution in [0.5, 0.6) is 0 Å². The van der Waals surface area contributed by atoms with Crippen molar-refractivity contribution in [2.24, 2.45) is 0 Å². The average molecular weight is 725 g/mol. The summed E-state index contributed by atoms with van der Waals surface area (Å²) in [4.78, 5) is 33.1. The lowest BCUT2D eigenvalue weighted by Gasteiger charge is -2.09. The average Bonchev–Trinajstić information content (AvgIpc) is 3.65. The van der Waals surface area contributed by atoms with E-state index in [0.29, 0.717) is 44.5 Å². The number of allylic oxidation sites excluding steroid dienone is 2. The lowest BCUT2D eigenvalue weighted by molar-refractivity contribution is -0.0888. The summed E-state index contributed by atoms with van der Waals surface area (Å²) in [6.45, 7) is 0. The number of hydrogen-bond acceptors (Lipinski definition) is 8. The van der Waals surface area contributed by atoms with Gasteiger partial charge in [-0.1, -0.05) is 72.8 Å². The molecule has 0 spiro atoms. The van der Waals surface area contributed by atoms with E-state index in [9.17, 15) is 57.0 Å². The Hall–Kier alpha value is -7.68. The van der Waals surface area contributed by atoms with Crippen molar-refractivity contribution in [2.75, 3.05) is 0 Å². The first kappa shape index (κ1) is 34.8. The number of carbonyl (C=O) groups is 2. The summed E-state index contributed by atoms with van der Waals surface area (Å²) in [6.07, 6.45) is -10.1. The second kappa shape index (κ2) is 12.5. The Morgan fingerprint density at radius 3 is 1.06 bits per heavy atom. The predicted molar refractivity (Wildman–Crippen MR) is 179 cm³/mol. The van der Waals surface area contributed by atoms with Crippen LogP contribution in [-0.4, -0.2) is 33.9 Å². The van der Waals surface area contributed by atoms with Crippen LogP contribution in [0.1, 0.15) is 43.2 Å². The molecule has 5 aromatic rings. The van der Waals surface area contributed by atoms with E-state index in [1.54, 1.807) is 36.4 Å². The zero-order valence-corrected chi connectivity index (χ0v) is 26.9. The molecule has 0 atom stereocenters. The first-order chi connectivity index (χ1) is 25.7. The normalized spacial score (nSPS) is 12.3. The van der Waals surface area contributed by atoms with Crippen molar-refractivity contribution in [3.63, 3.8) is 0 Å². The quantitative estimate of drug-likeness (QED) is 0.0990. The first-order valence-electron chi connectivity index (χ1n) is 15.4. The van der Waals surface area contributed by atoms with Crippen molar-refractivity contribution in [3.8, 4) is 69.0 Å². The third-order valence-corrected chi connectivity index (χ3v) is 8.88. The maximum Gasteiger partial charge on any atom is 0.454 e. The molecule has 0 saturated heterocycles. The highest BCUT2D eigenvalue weighted by Crippen LogP contribution is 2.51. The van der Waals surface area contributed by atoms with Gasteiger partial charge in [0, 0.05) is 33.4 Å². The number of alkyl halides is 6. The number of hydrogen-bond donors (Lipinski definition) is 0. The molecule has 4 aromatic carbocycles. The van der Waals surface area contributed by atoms with Gasteiger partial charge >= 0.3 is 12.4 Å². The van der Waals surface area contributed by atoms with Gasteiger partial charge in [0.1, 0.15) is 46.8 Å². The van der Waals surface area contributed by atoms with Crippen LogP contribution >= 0.6 is 0 Å². The molecule has 1 aromatic heterocycles. The zero-order valence-electron chi connectivity index (χ0n) is 26.9. The number of fused-ring (bicyclic) bond motifs is 6. The molecule has 0 unspecified atom stereocenters. The van der Waals surface area contributed by atoms with Crippen molar-refractivity contribution < 1.29 is 35.9 Å². The van der Waals surface area contributed by atoms with E-state index in [0.717, 1.165) is 24.3 Å². The molecule has 2 aliphatic rings. The van der Waals surface area contributed by atoms with Crippen molar-refractivity contribution in [2.45, 2.75) is 12.4 Å². The van der Waals surface area contributed by atoms with Gasteiger partial charge in [0.25, 0.3) is 11.6 Å². The van der Waals surface area contributed by atoms with Crippen molar-refractivity contribution >= 4 is 22.7 Å². The number of ketones is 2. The molecule has 0 fully saturated rings. The standard InChI is InChI=1S/C40H14F6N6O2/c41-39(42,43)37(53)21-5-1-19(2-6-21)23-9-11-27-29(13-23)31(25(15-47)16-48)35-33(27)51-36-32(26(17-49)18-50)30-14-24(10-12-28(30)34(36)52-35)20-3-7-22(8-4-20)38(54)40(44,45)46/h1-14H. The molecule has 0 saturated carbocycles. The molecule has 8 nitrogen and oxygen atoms in total. The summed E-state index contributed by atoms with van der Waals surface area (Å²) in [7, 11) is 0. The molecule has 2 aliphatic carbocycles. The Balaban J connectivity index is 1.36. The zero-order chi connectivity index (χ0) is 38.7. The van der Waals surface area contributed by atoms with Crippen LogP contribution < -0.4 is 0 Å². The van der Waals surface area contributed by atoms with Crippen LogP contribution in [0.4, 0.5) is 26.3 Å². The third-order valence-electron chi connectivity index (χ3n) is 8.88. The Morgan fingerprint density at radius 1 is 0.444 bits per heavy atom. The van der Waals surface area contributed by atoms with Crippen LogP contribution in [0.15, 0.2) is 96.1 Å². The van der Waals surface area contributed by atoms with Crippen molar-refractivity contribution in [1.29, 1.82) is 21.0 Å². The van der Waals surface area contributed by atoms with E-state index in [1.807, 2.05) is 24.3 Å². The lowest BCUT2D eigenvalue weighted by Crippen LogP contribution is -2.22. The second-order valence-electron chi connectivity index (χ2n) is 11.9. The minimum Gasteiger partial charge on any atom is -0.284 e. The smallest absolute Gasteiger partial charge is 0.284 e. The molecule has 0 radical (unpaired) electrons. The van der Waals surface area contributed by atoms with Crippen LogP contribution in [0.25, 0.3) is 55.9 Å². The summed E-state index contributed by atoms with van der Waals surface area (Å²) in [5.41, 5.74) is 2.55. The second-order valence-corrected chi connectivity index (χ2v) is 11.9. The minimum atomic E-state index is -5.05. The van der Waals surface area contributed by atoms with Gasteiger partial charge in [0.15, 0.2) is 0 Å². The van der Waals surface area contributed by atoms with Crippen LogP contribution in [0.2, 0.25) is 0 Å². The molecular formula is C40H14F6N6O2. The number of halogens is 6. The predicted octanol–water partition coefficient (Wildman–Crippen LogP) is 8.96. The Kier molecular flexibility index (Phi) is 8.06. The van der Waals surface area contributed by atoms with E-state index < -0.39 is 35.0 Å². The van der Waals surface area contributed by atoms with Gasteiger partial charge in [0.05, 0.1) is 11.4 Å². The third kappa shape index (κ3) is 5.56. The Morgan fingerprint density at radius 2 is 0.759 bits per heavy atom. The number of aromatic nitrogens is 2. The molecule has 0 N–H and O–H groups in total. The summed E-state index contributed by atoms with van der Waals surface area (Å²) in [5, 5.41) is 39.9. The minimum absolute atomic E-state index is 0.121. The summed E-state index contributed by atoms with van der Waals surface area (Å²) in [5.74, 6) is -4.00. The summed E-state index contributed by atoms with van der Waals surface area (Å²) in [6, 6.07) is 26.7. The number of carbonyl (C=O) groups excluding carboxylic acids is 2. The summed E-state index contributed by atoms with van der Waals surface area (Å²) >= 11 is 0. The number of Topliss-reactive ketones (excluding diaryl/α,β-unsaturated/α-hetero) is 2. The largest absolute Gasteiger partial charge is 0.454 e. The monoisotopic (exact) mass is 724 g/mol. The van der Waals surface area contributed by atoms with Crippen molar-refractivity contribution in [1.82, 2.24) is 9.97 Å². The van der Waals surface area contributed by atoms with E-state index in [-0.39, 0.29) is 45.1 Å². The fourth-order valence-corrected chi connectivity index (χ4v) is 6.42. The van der Waals surface area contributed by atoms with Crippen LogP contribution in [0.3, 0.4) is 0 Å². The number of rotatable bonds is 4. The van der Waals surface area contributed by atoms with Crippen LogP contribution in [-0.2, 0) is 0 Å². The fourth-order valence-electron chi connectivity index (χ4n) is 6.42. The molecule has 0 amide bonds. The maximum absolute atomic E-state index is 13.0. The highest BCUT2D eigenvalue weighted by molar-refractivity contribution is 6.08. The molecule has 7 rings (SSSR count). The molecule has 14 heteroatoms. The lowest BCUT2D eigenvalue weighted by atomic mass is 9.95. The fraction of sp³-hybridized carbons (Fsp3) is 0.0500. The first-order valence-corrected chi connectivity index (χ1v) is 15.4. The molecular weight excluding hydrogens is 710 g/mol. The van der Waals surface area contributed by atoms with E-state index in [4.69, 9.17) is 9.97 Å². The van der Waals surface area contributed by atoms with E-state index >= 15 is 0 Å². The van der Waals surface area contributed by atoms with Gasteiger partial charge in [-0.05, 0) is 45.5 Å². The SMILES string of the molecule is N#CC(C#N)=C1c2cc(-c3ccc(C(=O)C(F)(F)F)cc3)ccc2-c2nc3c(nc21)-c1ccc(-c2ccc(C(=O)C(F)(F)F)cc2)cc1C3=C(C#N)C#N. The number of benzene rings is 4. The number of nitrogens with zero attached hydrogens (tertiary/aromatic N) is 6. The summed E-state index contributed by atoms with van der Waals surface area (Å²) < 4.78 is 77.8. The molecule has 1 heterocycles. The van der Waals surface area contributed by atoms with Gasteiger partial charge in [-0.25, -0.2) is 9.97 Å². The van der Waals surface area contributed by atoms with Gasteiger partial charge in [-0.15, -0.1) is 0 Å². The highest BCUT2D eigenvalue weighted by Gasteiger charge is 2.40. The molecule has 258 valence electrons. The highest BCUT2D eigenvalue weighted by atomic mass is 19.4. The topological polar surface area (TPSA) is 155 Å². The van der Waals surface area contributed by atoms with E-state index in [2.05, 4.69) is 0 Å². The Labute approximate surface area is 300 Å². The molecule has 0 aliphatic heterocycles. The Bertz CT molecular complexity index is 2530. The van der Waals surface area contributed by atoms with Crippen LogP contribution in [0, 0.1) is 45.3 Å². The molecule has 54 heavy (non-hydrogen) atoms.